The molecule has 0 aromatic carbocycles. The second-order valence-corrected chi connectivity index (χ2v) is 4.05. The van der Waals surface area contributed by atoms with Crippen molar-refractivity contribution in [3.05, 3.63) is 12.4 Å². The van der Waals surface area contributed by atoms with Gasteiger partial charge >= 0.3 is 0 Å². The Kier molecular flexibility index (Phi) is 5.61. The SMILES string of the molecule is CCCNc1cncc(NC(C)CCC)n1. The fraction of sp³-hybridized carbons (Fsp3) is 0.667. The van der Waals surface area contributed by atoms with Crippen molar-refractivity contribution in [2.75, 3.05) is 17.2 Å². The largest absolute Gasteiger partial charge is 0.369 e. The maximum Gasteiger partial charge on any atom is 0.147 e. The monoisotopic (exact) mass is 222 g/mol. The van der Waals surface area contributed by atoms with Gasteiger partial charge in [-0.2, -0.15) is 0 Å². The number of hydrogen-bond acceptors (Lipinski definition) is 4. The van der Waals surface area contributed by atoms with Gasteiger partial charge in [0.2, 0.25) is 0 Å². The summed E-state index contributed by atoms with van der Waals surface area (Å²) in [6, 6.07) is 0.445. The molecule has 0 spiro atoms. The first-order valence-corrected chi connectivity index (χ1v) is 6.08. The molecule has 16 heavy (non-hydrogen) atoms. The van der Waals surface area contributed by atoms with E-state index in [1.165, 1.54) is 6.42 Å². The molecule has 0 fully saturated rings. The van der Waals surface area contributed by atoms with Crippen molar-refractivity contribution in [1.82, 2.24) is 9.97 Å². The van der Waals surface area contributed by atoms with Crippen LogP contribution < -0.4 is 10.6 Å². The van der Waals surface area contributed by atoms with E-state index in [0.717, 1.165) is 31.0 Å². The topological polar surface area (TPSA) is 49.8 Å². The molecule has 0 saturated heterocycles. The molecule has 0 aliphatic rings. The predicted molar refractivity (Wildman–Crippen MR) is 68.8 cm³/mol. The molecule has 1 heterocycles. The highest BCUT2D eigenvalue weighted by molar-refractivity contribution is 5.41. The zero-order valence-electron chi connectivity index (χ0n) is 10.5. The van der Waals surface area contributed by atoms with Gasteiger partial charge in [0, 0.05) is 12.6 Å². The van der Waals surface area contributed by atoms with Crippen molar-refractivity contribution in [3.63, 3.8) is 0 Å². The summed E-state index contributed by atoms with van der Waals surface area (Å²) in [4.78, 5) is 8.61. The zero-order chi connectivity index (χ0) is 11.8. The third-order valence-electron chi connectivity index (χ3n) is 2.31. The summed E-state index contributed by atoms with van der Waals surface area (Å²) in [6.45, 7) is 7.41. The van der Waals surface area contributed by atoms with Crippen molar-refractivity contribution < 1.29 is 0 Å². The van der Waals surface area contributed by atoms with E-state index in [1.807, 2.05) is 0 Å². The Bertz CT molecular complexity index is 301. The van der Waals surface area contributed by atoms with Crippen molar-refractivity contribution in [3.8, 4) is 0 Å². The Morgan fingerprint density at radius 3 is 2.62 bits per heavy atom. The van der Waals surface area contributed by atoms with Gasteiger partial charge in [-0.05, 0) is 19.8 Å². The minimum atomic E-state index is 0.445. The Morgan fingerprint density at radius 2 is 1.94 bits per heavy atom. The van der Waals surface area contributed by atoms with Crippen LogP contribution in [0.1, 0.15) is 40.0 Å². The van der Waals surface area contributed by atoms with Gasteiger partial charge in [0.05, 0.1) is 12.4 Å². The Labute approximate surface area is 97.9 Å². The Morgan fingerprint density at radius 1 is 1.19 bits per heavy atom. The van der Waals surface area contributed by atoms with Gasteiger partial charge in [-0.25, -0.2) is 4.98 Å². The molecule has 4 nitrogen and oxygen atoms in total. The summed E-state index contributed by atoms with van der Waals surface area (Å²) in [5.41, 5.74) is 0. The van der Waals surface area contributed by atoms with Gasteiger partial charge in [0.1, 0.15) is 11.6 Å². The lowest BCUT2D eigenvalue weighted by Crippen LogP contribution is -2.16. The molecule has 0 radical (unpaired) electrons. The highest BCUT2D eigenvalue weighted by Gasteiger charge is 2.02. The van der Waals surface area contributed by atoms with Crippen LogP contribution in [-0.2, 0) is 0 Å². The molecule has 90 valence electrons. The van der Waals surface area contributed by atoms with Crippen molar-refractivity contribution in [2.24, 2.45) is 0 Å². The minimum Gasteiger partial charge on any atom is -0.369 e. The van der Waals surface area contributed by atoms with E-state index < -0.39 is 0 Å². The smallest absolute Gasteiger partial charge is 0.147 e. The summed E-state index contributed by atoms with van der Waals surface area (Å²) in [7, 11) is 0. The molecular formula is C12H22N4. The zero-order valence-corrected chi connectivity index (χ0v) is 10.5. The first-order chi connectivity index (χ1) is 7.76. The van der Waals surface area contributed by atoms with Crippen LogP contribution in [-0.4, -0.2) is 22.6 Å². The van der Waals surface area contributed by atoms with E-state index in [0.29, 0.717) is 6.04 Å². The van der Waals surface area contributed by atoms with Crippen molar-refractivity contribution >= 4 is 11.6 Å². The Balaban J connectivity index is 2.52. The fourth-order valence-electron chi connectivity index (χ4n) is 1.53. The lowest BCUT2D eigenvalue weighted by molar-refractivity contribution is 0.687. The van der Waals surface area contributed by atoms with Gasteiger partial charge < -0.3 is 10.6 Å². The predicted octanol–water partition coefficient (Wildman–Crippen LogP) is 2.90. The molecule has 1 atom stereocenters. The van der Waals surface area contributed by atoms with Crippen LogP contribution >= 0.6 is 0 Å². The van der Waals surface area contributed by atoms with E-state index in [1.54, 1.807) is 12.4 Å². The molecular weight excluding hydrogens is 200 g/mol. The molecule has 1 rings (SSSR count). The van der Waals surface area contributed by atoms with Crippen LogP contribution in [0.25, 0.3) is 0 Å². The van der Waals surface area contributed by atoms with Gasteiger partial charge in [-0.1, -0.05) is 20.3 Å². The normalized spacial score (nSPS) is 12.2. The summed E-state index contributed by atoms with van der Waals surface area (Å²) in [5, 5.41) is 6.57. The van der Waals surface area contributed by atoms with Crippen LogP contribution in [0.3, 0.4) is 0 Å². The second-order valence-electron chi connectivity index (χ2n) is 4.05. The van der Waals surface area contributed by atoms with E-state index in [-0.39, 0.29) is 0 Å². The number of nitrogens with zero attached hydrogens (tertiary/aromatic N) is 2. The van der Waals surface area contributed by atoms with Crippen molar-refractivity contribution in [2.45, 2.75) is 46.1 Å². The van der Waals surface area contributed by atoms with Crippen molar-refractivity contribution in [1.29, 1.82) is 0 Å². The molecule has 1 aromatic rings. The number of nitrogens with one attached hydrogen (secondary N) is 2. The fourth-order valence-corrected chi connectivity index (χ4v) is 1.53. The molecule has 0 aliphatic carbocycles. The third kappa shape index (κ3) is 4.47. The van der Waals surface area contributed by atoms with Crippen LogP contribution in [0.5, 0.6) is 0 Å². The molecule has 0 aliphatic heterocycles. The summed E-state index contributed by atoms with van der Waals surface area (Å²) in [5.74, 6) is 1.69. The standard InChI is InChI=1S/C12H22N4/c1-4-6-10(3)15-12-9-13-8-11(16-12)14-7-5-2/h8-10H,4-7H2,1-3H3,(H2,14,15,16). The highest BCUT2D eigenvalue weighted by Crippen LogP contribution is 2.09. The second kappa shape index (κ2) is 7.04. The molecule has 2 N–H and O–H groups in total. The summed E-state index contributed by atoms with van der Waals surface area (Å²) >= 11 is 0. The van der Waals surface area contributed by atoms with Crippen LogP contribution in [0, 0.1) is 0 Å². The van der Waals surface area contributed by atoms with E-state index in [4.69, 9.17) is 0 Å². The molecule has 1 aromatic heterocycles. The average molecular weight is 222 g/mol. The first-order valence-electron chi connectivity index (χ1n) is 6.08. The molecule has 1 unspecified atom stereocenters. The van der Waals surface area contributed by atoms with E-state index in [9.17, 15) is 0 Å². The maximum absolute atomic E-state index is 4.45. The molecule has 0 saturated carbocycles. The first kappa shape index (κ1) is 12.7. The number of rotatable bonds is 7. The molecule has 4 heteroatoms. The average Bonchev–Trinajstić information content (AvgIpc) is 2.27. The lowest BCUT2D eigenvalue weighted by Gasteiger charge is -2.13. The lowest BCUT2D eigenvalue weighted by atomic mass is 10.2. The number of hydrogen-bond donors (Lipinski definition) is 2. The van der Waals surface area contributed by atoms with Gasteiger partial charge in [-0.3, -0.25) is 4.98 Å². The summed E-state index contributed by atoms with van der Waals surface area (Å²) < 4.78 is 0. The van der Waals surface area contributed by atoms with Gasteiger partial charge in [-0.15, -0.1) is 0 Å². The van der Waals surface area contributed by atoms with Crippen LogP contribution in [0.2, 0.25) is 0 Å². The van der Waals surface area contributed by atoms with Crippen LogP contribution in [0.4, 0.5) is 11.6 Å². The van der Waals surface area contributed by atoms with Gasteiger partial charge in [0.25, 0.3) is 0 Å². The number of anilines is 2. The third-order valence-corrected chi connectivity index (χ3v) is 2.31. The Hall–Kier alpha value is -1.32. The van der Waals surface area contributed by atoms with E-state index >= 15 is 0 Å². The maximum atomic E-state index is 4.45. The summed E-state index contributed by atoms with van der Waals surface area (Å²) in [6.07, 6.45) is 6.93. The quantitative estimate of drug-likeness (QED) is 0.744. The van der Waals surface area contributed by atoms with E-state index in [2.05, 4.69) is 41.4 Å². The molecule has 0 amide bonds. The van der Waals surface area contributed by atoms with Gasteiger partial charge in [0.15, 0.2) is 0 Å². The molecule has 0 bridgehead atoms. The van der Waals surface area contributed by atoms with Crippen LogP contribution in [0.15, 0.2) is 12.4 Å². The minimum absolute atomic E-state index is 0.445. The number of aromatic nitrogens is 2. The highest BCUT2D eigenvalue weighted by atomic mass is 15.1.